The molecule has 0 fully saturated rings. The topological polar surface area (TPSA) is 67.2 Å². The number of aryl methyl sites for hydroxylation is 1. The lowest BCUT2D eigenvalue weighted by molar-refractivity contribution is -0.120. The normalized spacial score (nSPS) is 13.3. The Morgan fingerprint density at radius 1 is 1.03 bits per heavy atom. The van der Waals surface area contributed by atoms with Crippen LogP contribution in [0.15, 0.2) is 77.7 Å². The molecule has 1 aliphatic heterocycles. The summed E-state index contributed by atoms with van der Waals surface area (Å²) in [6, 6.07) is 23.2. The zero-order valence-electron chi connectivity index (χ0n) is 16.9. The average molecular weight is 429 g/mol. The van der Waals surface area contributed by atoms with Gasteiger partial charge in [0.25, 0.3) is 0 Å². The first kappa shape index (κ1) is 19.4. The first-order chi connectivity index (χ1) is 15.1. The minimum Gasteiger partial charge on any atom is -0.327 e. The van der Waals surface area contributed by atoms with Gasteiger partial charge in [0.15, 0.2) is 0 Å². The number of rotatable bonds is 4. The van der Waals surface area contributed by atoms with Crippen LogP contribution in [0.1, 0.15) is 0 Å². The van der Waals surface area contributed by atoms with E-state index in [-0.39, 0.29) is 18.4 Å². The molecule has 0 unspecified atom stereocenters. The summed E-state index contributed by atoms with van der Waals surface area (Å²) < 4.78 is 2.06. The van der Waals surface area contributed by atoms with Crippen LogP contribution in [0.5, 0.6) is 0 Å². The highest BCUT2D eigenvalue weighted by Gasteiger charge is 2.26. The number of thioether (sulfide) groups is 1. The van der Waals surface area contributed by atoms with Crippen LogP contribution in [0.3, 0.4) is 0 Å². The first-order valence-corrected chi connectivity index (χ1v) is 10.9. The molecular weight excluding hydrogens is 408 g/mol. The molecule has 0 radical (unpaired) electrons. The Hall–Kier alpha value is -3.58. The SMILES string of the molecule is Cn1c(-c2ccc(NC(=O)CN3C(=O)CSc4ccccc43)cc2)nc2ccccc21. The maximum absolute atomic E-state index is 12.6. The predicted octanol–water partition coefficient (Wildman–Crippen LogP) is 4.32. The molecule has 4 aromatic rings. The van der Waals surface area contributed by atoms with E-state index in [2.05, 4.69) is 9.88 Å². The molecule has 31 heavy (non-hydrogen) atoms. The van der Waals surface area contributed by atoms with Crippen molar-refractivity contribution in [3.05, 3.63) is 72.8 Å². The Labute approximate surface area is 183 Å². The van der Waals surface area contributed by atoms with Crippen molar-refractivity contribution in [1.82, 2.24) is 9.55 Å². The molecule has 1 aromatic heterocycles. The molecule has 0 atom stereocenters. The zero-order chi connectivity index (χ0) is 21.4. The molecule has 7 heteroatoms. The number of carbonyl (C=O) groups excluding carboxylic acids is 2. The number of para-hydroxylation sites is 3. The molecule has 1 aliphatic rings. The molecule has 2 heterocycles. The number of aromatic nitrogens is 2. The smallest absolute Gasteiger partial charge is 0.244 e. The van der Waals surface area contributed by atoms with E-state index in [9.17, 15) is 9.59 Å². The average Bonchev–Trinajstić information content (AvgIpc) is 3.13. The van der Waals surface area contributed by atoms with Gasteiger partial charge >= 0.3 is 0 Å². The fourth-order valence-corrected chi connectivity index (χ4v) is 4.71. The predicted molar refractivity (Wildman–Crippen MR) is 124 cm³/mol. The number of imidazole rings is 1. The van der Waals surface area contributed by atoms with E-state index in [1.807, 2.05) is 79.8 Å². The van der Waals surface area contributed by atoms with Crippen LogP contribution < -0.4 is 10.2 Å². The van der Waals surface area contributed by atoms with Crippen LogP contribution >= 0.6 is 11.8 Å². The summed E-state index contributed by atoms with van der Waals surface area (Å²) >= 11 is 1.50. The fourth-order valence-electron chi connectivity index (χ4n) is 3.78. The van der Waals surface area contributed by atoms with Gasteiger partial charge in [-0.05, 0) is 48.5 Å². The molecule has 0 saturated carbocycles. The van der Waals surface area contributed by atoms with E-state index in [0.29, 0.717) is 11.4 Å². The molecule has 0 aliphatic carbocycles. The summed E-state index contributed by atoms with van der Waals surface area (Å²) in [4.78, 5) is 32.3. The van der Waals surface area contributed by atoms with E-state index < -0.39 is 0 Å². The van der Waals surface area contributed by atoms with Gasteiger partial charge in [-0.15, -0.1) is 11.8 Å². The van der Waals surface area contributed by atoms with Gasteiger partial charge in [0.1, 0.15) is 12.4 Å². The Balaban J connectivity index is 1.31. The molecule has 3 aromatic carbocycles. The van der Waals surface area contributed by atoms with Gasteiger partial charge in [0.2, 0.25) is 11.8 Å². The lowest BCUT2D eigenvalue weighted by Crippen LogP contribution is -2.41. The summed E-state index contributed by atoms with van der Waals surface area (Å²) in [6.07, 6.45) is 0. The maximum Gasteiger partial charge on any atom is 0.244 e. The summed E-state index contributed by atoms with van der Waals surface area (Å²) in [5.41, 5.74) is 4.45. The molecule has 0 bridgehead atoms. The van der Waals surface area contributed by atoms with Crippen molar-refractivity contribution in [3.8, 4) is 11.4 Å². The number of hydrogen-bond donors (Lipinski definition) is 1. The van der Waals surface area contributed by atoms with Gasteiger partial charge in [-0.1, -0.05) is 24.3 Å². The number of anilines is 2. The summed E-state index contributed by atoms with van der Waals surface area (Å²) in [5.74, 6) is 0.922. The highest BCUT2D eigenvalue weighted by Crippen LogP contribution is 2.34. The summed E-state index contributed by atoms with van der Waals surface area (Å²) in [6.45, 7) is -0.0110. The molecule has 154 valence electrons. The van der Waals surface area contributed by atoms with Crippen molar-refractivity contribution in [1.29, 1.82) is 0 Å². The van der Waals surface area contributed by atoms with E-state index in [0.717, 1.165) is 33.0 Å². The second-order valence-corrected chi connectivity index (χ2v) is 8.36. The van der Waals surface area contributed by atoms with E-state index in [4.69, 9.17) is 4.98 Å². The van der Waals surface area contributed by atoms with E-state index in [1.54, 1.807) is 4.90 Å². The van der Waals surface area contributed by atoms with Gasteiger partial charge in [-0.2, -0.15) is 0 Å². The zero-order valence-corrected chi connectivity index (χ0v) is 17.7. The van der Waals surface area contributed by atoms with Crippen LogP contribution in [-0.2, 0) is 16.6 Å². The second-order valence-electron chi connectivity index (χ2n) is 7.34. The van der Waals surface area contributed by atoms with Crippen LogP contribution in [0.25, 0.3) is 22.4 Å². The van der Waals surface area contributed by atoms with Gasteiger partial charge in [-0.3, -0.25) is 9.59 Å². The van der Waals surface area contributed by atoms with Crippen LogP contribution in [-0.4, -0.2) is 33.7 Å². The maximum atomic E-state index is 12.6. The van der Waals surface area contributed by atoms with Crippen LogP contribution in [0.2, 0.25) is 0 Å². The standard InChI is InChI=1S/C24H20N4O2S/c1-27-19-7-3-2-6-18(19)26-24(27)16-10-12-17(13-11-16)25-22(29)14-28-20-8-4-5-9-21(20)31-15-23(28)30/h2-13H,14-15H2,1H3,(H,25,29). The Kier molecular flexibility index (Phi) is 4.95. The van der Waals surface area contributed by atoms with Gasteiger partial charge < -0.3 is 14.8 Å². The molecule has 5 rings (SSSR count). The highest BCUT2D eigenvalue weighted by molar-refractivity contribution is 8.00. The van der Waals surface area contributed by atoms with Gasteiger partial charge in [0, 0.05) is 23.2 Å². The number of amides is 2. The summed E-state index contributed by atoms with van der Waals surface area (Å²) in [5, 5.41) is 2.89. The number of nitrogens with zero attached hydrogens (tertiary/aromatic N) is 3. The van der Waals surface area contributed by atoms with Crippen LogP contribution in [0.4, 0.5) is 11.4 Å². The second kappa shape index (κ2) is 7.92. The minimum absolute atomic E-state index is 0.0110. The van der Waals surface area contributed by atoms with Crippen molar-refractivity contribution < 1.29 is 9.59 Å². The molecular formula is C24H20N4O2S. The third kappa shape index (κ3) is 3.68. The number of fused-ring (bicyclic) bond motifs is 2. The Morgan fingerprint density at radius 3 is 2.58 bits per heavy atom. The quantitative estimate of drug-likeness (QED) is 0.526. The highest BCUT2D eigenvalue weighted by atomic mass is 32.2. The Morgan fingerprint density at radius 2 is 1.77 bits per heavy atom. The number of hydrogen-bond acceptors (Lipinski definition) is 4. The van der Waals surface area contributed by atoms with Crippen molar-refractivity contribution in [2.45, 2.75) is 4.90 Å². The molecule has 0 spiro atoms. The number of nitrogens with one attached hydrogen (secondary N) is 1. The number of carbonyl (C=O) groups is 2. The van der Waals surface area contributed by atoms with Crippen molar-refractivity contribution in [2.75, 3.05) is 22.5 Å². The fraction of sp³-hybridized carbons (Fsp3) is 0.125. The molecule has 2 amide bonds. The van der Waals surface area contributed by atoms with E-state index >= 15 is 0 Å². The third-order valence-electron chi connectivity index (χ3n) is 5.32. The molecule has 1 N–H and O–H groups in total. The third-order valence-corrected chi connectivity index (χ3v) is 6.37. The van der Waals surface area contributed by atoms with Crippen LogP contribution in [0, 0.1) is 0 Å². The van der Waals surface area contributed by atoms with Crippen molar-refractivity contribution in [2.24, 2.45) is 7.05 Å². The Bertz CT molecular complexity index is 1300. The van der Waals surface area contributed by atoms with Crippen molar-refractivity contribution >= 4 is 46.0 Å². The summed E-state index contributed by atoms with van der Waals surface area (Å²) in [7, 11) is 1.99. The molecule has 0 saturated heterocycles. The molecule has 6 nitrogen and oxygen atoms in total. The lowest BCUT2D eigenvalue weighted by Gasteiger charge is -2.28. The van der Waals surface area contributed by atoms with Gasteiger partial charge in [0.05, 0.1) is 22.5 Å². The monoisotopic (exact) mass is 428 g/mol. The minimum atomic E-state index is -0.231. The first-order valence-electron chi connectivity index (χ1n) is 9.94. The number of benzene rings is 3. The lowest BCUT2D eigenvalue weighted by atomic mass is 10.2. The van der Waals surface area contributed by atoms with Gasteiger partial charge in [-0.25, -0.2) is 4.98 Å². The van der Waals surface area contributed by atoms with E-state index in [1.165, 1.54) is 11.8 Å². The van der Waals surface area contributed by atoms with Crippen molar-refractivity contribution in [3.63, 3.8) is 0 Å². The largest absolute Gasteiger partial charge is 0.327 e.